The van der Waals surface area contributed by atoms with Crippen molar-refractivity contribution in [2.45, 2.75) is 34.1 Å². The number of benzene rings is 5. The fourth-order valence-corrected chi connectivity index (χ4v) is 10.1. The first-order valence-electron chi connectivity index (χ1n) is 17.1. The molecule has 5 aromatic carbocycles. The summed E-state index contributed by atoms with van der Waals surface area (Å²) in [6.45, 7) is 0.959. The Morgan fingerprint density at radius 1 is 0.732 bits per heavy atom. The Labute approximate surface area is 325 Å². The van der Waals surface area contributed by atoms with Gasteiger partial charge in [-0.15, -0.1) is 0 Å². The zero-order valence-electron chi connectivity index (χ0n) is 30.4. The molecule has 56 heavy (non-hydrogen) atoms. The minimum Gasteiger partial charge on any atom is -0.497 e. The van der Waals surface area contributed by atoms with Gasteiger partial charge in [0.05, 0.1) is 29.7 Å². The van der Waals surface area contributed by atoms with E-state index in [0.717, 1.165) is 9.87 Å². The van der Waals surface area contributed by atoms with E-state index < -0.39 is 54.5 Å². The Morgan fingerprint density at radius 3 is 2.05 bits per heavy atom. The van der Waals surface area contributed by atoms with Crippen molar-refractivity contribution in [3.8, 4) is 11.5 Å². The normalized spacial score (nSPS) is 13.3. The first kappa shape index (κ1) is 39.8. The summed E-state index contributed by atoms with van der Waals surface area (Å²) in [7, 11) is -10.6. The van der Waals surface area contributed by atoms with Crippen LogP contribution in [0.25, 0.3) is 0 Å². The van der Waals surface area contributed by atoms with Gasteiger partial charge in [0, 0.05) is 17.8 Å². The number of carbonyl (C=O) groups is 2. The second kappa shape index (κ2) is 16.1. The molecule has 0 radical (unpaired) electrons. The van der Waals surface area contributed by atoms with Gasteiger partial charge in [0.15, 0.2) is 0 Å². The average molecular weight is 819 g/mol. The SMILES string of the molecule is COc1cccc(C(C(=O)NS(=O)(=O)c2ccc(C)cc2OC)N2CCc3c2cccc3N(CC(=O)NS(=O)(=O)c2ccccc2)S(=O)(=O)c2ccccc2)c1. The molecule has 2 amide bonds. The van der Waals surface area contributed by atoms with Gasteiger partial charge in [0.25, 0.3) is 41.9 Å². The summed E-state index contributed by atoms with van der Waals surface area (Å²) in [6.07, 6.45) is 0.155. The van der Waals surface area contributed by atoms with E-state index in [2.05, 4.69) is 4.72 Å². The van der Waals surface area contributed by atoms with Gasteiger partial charge in [-0.05, 0) is 85.1 Å². The highest BCUT2D eigenvalue weighted by Crippen LogP contribution is 2.42. The summed E-state index contributed by atoms with van der Waals surface area (Å²) in [4.78, 5) is 28.8. The van der Waals surface area contributed by atoms with Crippen molar-refractivity contribution in [3.05, 3.63) is 138 Å². The Balaban J connectivity index is 1.42. The molecule has 17 heteroatoms. The van der Waals surface area contributed by atoms with E-state index in [9.17, 15) is 34.8 Å². The fourth-order valence-electron chi connectivity index (χ4n) is 6.46. The van der Waals surface area contributed by atoms with E-state index in [-0.39, 0.29) is 39.1 Å². The number of nitrogens with zero attached hydrogens (tertiary/aromatic N) is 2. The zero-order chi connectivity index (χ0) is 40.3. The third kappa shape index (κ3) is 8.19. The van der Waals surface area contributed by atoms with Gasteiger partial charge in [0.2, 0.25) is 0 Å². The van der Waals surface area contributed by atoms with Crippen LogP contribution in [0.1, 0.15) is 22.7 Å². The molecule has 1 aliphatic rings. The fraction of sp³-hybridized carbons (Fsp3) is 0.179. The van der Waals surface area contributed by atoms with Crippen LogP contribution in [-0.4, -0.2) is 64.4 Å². The van der Waals surface area contributed by atoms with Crippen LogP contribution in [0.5, 0.6) is 11.5 Å². The highest BCUT2D eigenvalue weighted by Gasteiger charge is 2.39. The number of ether oxygens (including phenoxy) is 2. The Hall–Kier alpha value is -5.91. The second-order valence-electron chi connectivity index (χ2n) is 12.7. The molecule has 0 aromatic heterocycles. The van der Waals surface area contributed by atoms with E-state index in [4.69, 9.17) is 9.47 Å². The molecular formula is C39H38N4O10S3. The van der Waals surface area contributed by atoms with Crippen molar-refractivity contribution in [1.82, 2.24) is 9.44 Å². The van der Waals surface area contributed by atoms with Gasteiger partial charge in [-0.1, -0.05) is 60.7 Å². The number of nitrogens with one attached hydrogen (secondary N) is 2. The molecule has 14 nitrogen and oxygen atoms in total. The number of aryl methyl sites for hydroxylation is 1. The third-order valence-corrected chi connectivity index (χ3v) is 13.6. The lowest BCUT2D eigenvalue weighted by molar-refractivity contribution is -0.121. The molecule has 1 atom stereocenters. The van der Waals surface area contributed by atoms with Gasteiger partial charge >= 0.3 is 0 Å². The zero-order valence-corrected chi connectivity index (χ0v) is 32.9. The molecule has 0 bridgehead atoms. The average Bonchev–Trinajstić information content (AvgIpc) is 3.61. The van der Waals surface area contributed by atoms with E-state index in [1.165, 1.54) is 87.0 Å². The van der Waals surface area contributed by atoms with Gasteiger partial charge in [-0.2, -0.15) is 0 Å². The van der Waals surface area contributed by atoms with Crippen LogP contribution in [0, 0.1) is 6.92 Å². The van der Waals surface area contributed by atoms with Gasteiger partial charge in [0.1, 0.15) is 29.0 Å². The smallest absolute Gasteiger partial charge is 0.267 e. The molecule has 6 rings (SSSR count). The summed E-state index contributed by atoms with van der Waals surface area (Å²) in [5.74, 6) is -1.60. The maximum Gasteiger partial charge on any atom is 0.267 e. The number of carbonyl (C=O) groups excluding carboxylic acids is 2. The predicted octanol–water partition coefficient (Wildman–Crippen LogP) is 4.32. The van der Waals surface area contributed by atoms with E-state index >= 15 is 0 Å². The highest BCUT2D eigenvalue weighted by molar-refractivity contribution is 7.93. The molecule has 292 valence electrons. The molecule has 0 saturated carbocycles. The first-order chi connectivity index (χ1) is 26.7. The lowest BCUT2D eigenvalue weighted by Crippen LogP contribution is -2.43. The van der Waals surface area contributed by atoms with E-state index in [1.807, 2.05) is 4.72 Å². The predicted molar refractivity (Wildman–Crippen MR) is 209 cm³/mol. The van der Waals surface area contributed by atoms with Crippen molar-refractivity contribution < 1.29 is 44.3 Å². The minimum atomic E-state index is -4.50. The molecule has 1 heterocycles. The quantitative estimate of drug-likeness (QED) is 0.163. The summed E-state index contributed by atoms with van der Waals surface area (Å²) in [5, 5.41) is 0. The number of fused-ring (bicyclic) bond motifs is 1. The molecule has 0 saturated heterocycles. The molecule has 1 unspecified atom stereocenters. The van der Waals surface area contributed by atoms with Crippen molar-refractivity contribution in [1.29, 1.82) is 0 Å². The molecule has 0 fully saturated rings. The number of sulfonamides is 3. The number of amides is 2. The maximum atomic E-state index is 14.3. The number of rotatable bonds is 14. The summed E-state index contributed by atoms with van der Waals surface area (Å²) in [6, 6.07) is 28.9. The Bertz CT molecular complexity index is 2610. The number of hydrogen-bond donors (Lipinski definition) is 2. The monoisotopic (exact) mass is 818 g/mol. The molecule has 0 spiro atoms. The van der Waals surface area contributed by atoms with E-state index in [1.54, 1.807) is 60.4 Å². The van der Waals surface area contributed by atoms with Crippen LogP contribution in [0.3, 0.4) is 0 Å². The van der Waals surface area contributed by atoms with Crippen molar-refractivity contribution in [2.75, 3.05) is 36.5 Å². The van der Waals surface area contributed by atoms with Crippen molar-refractivity contribution in [2.24, 2.45) is 0 Å². The summed E-state index contributed by atoms with van der Waals surface area (Å²) >= 11 is 0. The molecule has 0 aliphatic carbocycles. The molecule has 1 aliphatic heterocycles. The summed E-state index contributed by atoms with van der Waals surface area (Å²) < 4.78 is 97.9. The highest BCUT2D eigenvalue weighted by atomic mass is 32.2. The minimum absolute atomic E-state index is 0.0414. The number of anilines is 2. The van der Waals surface area contributed by atoms with Crippen LogP contribution in [0.4, 0.5) is 11.4 Å². The van der Waals surface area contributed by atoms with Crippen LogP contribution >= 0.6 is 0 Å². The molecule has 2 N–H and O–H groups in total. The van der Waals surface area contributed by atoms with Crippen molar-refractivity contribution >= 4 is 53.3 Å². The van der Waals surface area contributed by atoms with E-state index in [0.29, 0.717) is 22.6 Å². The molecule has 5 aromatic rings. The Morgan fingerprint density at radius 2 is 1.39 bits per heavy atom. The third-order valence-electron chi connectivity index (χ3n) is 9.04. The molecular weight excluding hydrogens is 781 g/mol. The van der Waals surface area contributed by atoms with Crippen LogP contribution in [0.15, 0.2) is 136 Å². The largest absolute Gasteiger partial charge is 0.497 e. The first-order valence-corrected chi connectivity index (χ1v) is 21.5. The Kier molecular flexibility index (Phi) is 11.4. The maximum absolute atomic E-state index is 14.3. The summed E-state index contributed by atoms with van der Waals surface area (Å²) in [5.41, 5.74) is 1.95. The van der Waals surface area contributed by atoms with Gasteiger partial charge in [-0.25, -0.2) is 34.7 Å². The van der Waals surface area contributed by atoms with Gasteiger partial charge < -0.3 is 14.4 Å². The number of hydrogen-bond acceptors (Lipinski definition) is 11. The standard InChI is InChI=1S/C39H38N4O10S3/c1-27-20-21-36(35(24-27)53-3)55(48,49)41-39(45)38(28-12-10-13-29(25-28)52-2)42-23-22-32-33(42)18-11-19-34(32)43(56(50,51)31-16-8-5-9-17-31)26-37(44)40-54(46,47)30-14-6-4-7-15-30/h4-21,24-25,38H,22-23,26H2,1-3H3,(H,40,44)(H,41,45). The lowest BCUT2D eigenvalue weighted by Gasteiger charge is -2.31. The van der Waals surface area contributed by atoms with Crippen LogP contribution < -0.4 is 28.1 Å². The van der Waals surface area contributed by atoms with Gasteiger partial charge in [-0.3, -0.25) is 13.9 Å². The lowest BCUT2D eigenvalue weighted by atomic mass is 10.0. The van der Waals surface area contributed by atoms with Crippen molar-refractivity contribution in [3.63, 3.8) is 0 Å². The number of methoxy groups -OCH3 is 2. The van der Waals surface area contributed by atoms with Crippen LogP contribution in [-0.2, 0) is 46.1 Å². The van der Waals surface area contributed by atoms with Crippen LogP contribution in [0.2, 0.25) is 0 Å². The second-order valence-corrected chi connectivity index (χ2v) is 17.9. The topological polar surface area (TPSA) is 186 Å².